The first kappa shape index (κ1) is 43.5. The van der Waals surface area contributed by atoms with Crippen LogP contribution in [0.5, 0.6) is 5.75 Å². The maximum atomic E-state index is 14.1. The van der Waals surface area contributed by atoms with Crippen molar-refractivity contribution in [3.8, 4) is 16.9 Å². The van der Waals surface area contributed by atoms with Crippen LogP contribution in [0.15, 0.2) is 48.5 Å². The third-order valence-corrected chi connectivity index (χ3v) is 6.98. The highest BCUT2D eigenvalue weighted by Crippen LogP contribution is 2.65. The third-order valence-electron chi connectivity index (χ3n) is 6.98. The van der Waals surface area contributed by atoms with Crippen molar-refractivity contribution in [1.82, 2.24) is 0 Å². The standard InChI is InChI=1S/C28H20F20O3/c1-2-3-12-50-17-10-8-15(9-11-17)14-4-6-16(7-5-14)18(49)51-13-20(31,32)22(35,36)24(39,40)26(43,44)28(47,48)27(45,46)25(41,42)23(37,38)21(33,34)19(29)30/h4-11,19H,2-3,12-13H2,1H3. The quantitative estimate of drug-likeness (QED) is 0.0911. The summed E-state index contributed by atoms with van der Waals surface area (Å²) in [5.74, 6) is -77.9. The van der Waals surface area contributed by atoms with Crippen molar-refractivity contribution < 1.29 is 102 Å². The maximum absolute atomic E-state index is 14.1. The van der Waals surface area contributed by atoms with Gasteiger partial charge in [-0.05, 0) is 41.8 Å². The number of carbonyl (C=O) groups is 1. The summed E-state index contributed by atoms with van der Waals surface area (Å²) in [4.78, 5) is 12.1. The molecule has 0 aromatic heterocycles. The number of hydrogen-bond acceptors (Lipinski definition) is 3. The van der Waals surface area contributed by atoms with Gasteiger partial charge in [0, 0.05) is 0 Å². The first-order valence-corrected chi connectivity index (χ1v) is 13.5. The summed E-state index contributed by atoms with van der Waals surface area (Å²) in [6, 6.07) is 9.78. The molecule has 0 heterocycles. The lowest BCUT2D eigenvalue weighted by Gasteiger charge is -2.44. The van der Waals surface area contributed by atoms with Gasteiger partial charge in [0.1, 0.15) is 5.75 Å². The molecule has 3 nitrogen and oxygen atoms in total. The highest BCUT2D eigenvalue weighted by Gasteiger charge is 2.96. The van der Waals surface area contributed by atoms with E-state index >= 15 is 0 Å². The van der Waals surface area contributed by atoms with Crippen molar-refractivity contribution >= 4 is 5.97 Å². The van der Waals surface area contributed by atoms with Crippen LogP contribution in [0.25, 0.3) is 11.1 Å². The van der Waals surface area contributed by atoms with E-state index in [2.05, 4.69) is 4.74 Å². The van der Waals surface area contributed by atoms with Crippen molar-refractivity contribution in [1.29, 1.82) is 0 Å². The average Bonchev–Trinajstić information content (AvgIpc) is 3.03. The molecule has 0 atom stereocenters. The molecule has 0 N–H and O–H groups in total. The maximum Gasteiger partial charge on any atom is 0.385 e. The second-order valence-corrected chi connectivity index (χ2v) is 10.5. The van der Waals surface area contributed by atoms with Crippen LogP contribution < -0.4 is 4.74 Å². The van der Waals surface area contributed by atoms with E-state index in [1.807, 2.05) is 6.92 Å². The summed E-state index contributed by atoms with van der Waals surface area (Å²) < 4.78 is 281. The second-order valence-electron chi connectivity index (χ2n) is 10.5. The van der Waals surface area contributed by atoms with Crippen molar-refractivity contribution in [2.45, 2.75) is 79.5 Å². The fourth-order valence-electron chi connectivity index (χ4n) is 3.77. The van der Waals surface area contributed by atoms with Gasteiger partial charge in [-0.3, -0.25) is 0 Å². The molecule has 0 aliphatic rings. The van der Waals surface area contributed by atoms with Crippen molar-refractivity contribution in [2.24, 2.45) is 0 Å². The molecule has 0 spiro atoms. The summed E-state index contributed by atoms with van der Waals surface area (Å²) in [5, 5.41) is 0. The predicted octanol–water partition coefficient (Wildman–Crippen LogP) is 10.7. The van der Waals surface area contributed by atoms with Gasteiger partial charge in [-0.2, -0.15) is 79.0 Å². The number of alkyl halides is 20. The predicted molar refractivity (Wildman–Crippen MR) is 133 cm³/mol. The summed E-state index contributed by atoms with van der Waals surface area (Å²) in [7, 11) is 0. The Morgan fingerprint density at radius 2 is 0.941 bits per heavy atom. The Morgan fingerprint density at radius 1 is 0.569 bits per heavy atom. The zero-order valence-corrected chi connectivity index (χ0v) is 24.8. The van der Waals surface area contributed by atoms with Crippen LogP contribution in [0.3, 0.4) is 0 Å². The van der Waals surface area contributed by atoms with Gasteiger partial charge in [0.25, 0.3) is 0 Å². The summed E-state index contributed by atoms with van der Waals surface area (Å²) >= 11 is 0. The minimum Gasteiger partial charge on any atom is -0.494 e. The SMILES string of the molecule is CCCCOc1ccc(-c2ccc(C(=O)OCC(F)(F)C(F)(F)C(F)(F)C(F)(F)C(F)(F)C(F)(F)C(F)(F)C(F)(F)C(F)(F)C(F)F)cc2)cc1. The third kappa shape index (κ3) is 7.08. The molecule has 0 bridgehead atoms. The van der Waals surface area contributed by atoms with Crippen LogP contribution in [0.4, 0.5) is 87.8 Å². The highest BCUT2D eigenvalue weighted by atomic mass is 19.4. The Balaban J connectivity index is 2.33. The minimum atomic E-state index is -9.12. The lowest BCUT2D eigenvalue weighted by molar-refractivity contribution is -0.465. The number of halogens is 20. The normalized spacial score (nSPS) is 14.5. The number of unbranched alkanes of at least 4 members (excludes halogenated alkanes) is 1. The van der Waals surface area contributed by atoms with E-state index in [1.165, 1.54) is 24.3 Å². The Kier molecular flexibility index (Phi) is 12.0. The monoisotopic (exact) mass is 784 g/mol. The second kappa shape index (κ2) is 14.0. The van der Waals surface area contributed by atoms with Gasteiger partial charge in [0.15, 0.2) is 6.61 Å². The van der Waals surface area contributed by atoms with E-state index in [4.69, 9.17) is 4.74 Å². The van der Waals surface area contributed by atoms with E-state index in [-0.39, 0.29) is 0 Å². The van der Waals surface area contributed by atoms with E-state index in [0.717, 1.165) is 37.1 Å². The van der Waals surface area contributed by atoms with Crippen LogP contribution in [-0.2, 0) is 4.74 Å². The van der Waals surface area contributed by atoms with Crippen LogP contribution >= 0.6 is 0 Å². The molecule has 2 aromatic carbocycles. The number of rotatable bonds is 17. The van der Waals surface area contributed by atoms with Gasteiger partial charge in [0.05, 0.1) is 12.2 Å². The largest absolute Gasteiger partial charge is 0.494 e. The van der Waals surface area contributed by atoms with Gasteiger partial charge in [-0.25, -0.2) is 13.6 Å². The van der Waals surface area contributed by atoms with E-state index in [9.17, 15) is 92.6 Å². The lowest BCUT2D eigenvalue weighted by atomic mass is 9.86. The number of ether oxygens (including phenoxy) is 2. The molecule has 0 saturated heterocycles. The molecule has 2 aromatic rings. The van der Waals surface area contributed by atoms with Gasteiger partial charge in [-0.1, -0.05) is 37.6 Å². The van der Waals surface area contributed by atoms with E-state index in [0.29, 0.717) is 23.5 Å². The van der Waals surface area contributed by atoms with Gasteiger partial charge in [0.2, 0.25) is 0 Å². The van der Waals surface area contributed by atoms with Crippen molar-refractivity contribution in [2.75, 3.05) is 13.2 Å². The van der Waals surface area contributed by atoms with Crippen molar-refractivity contribution in [3.05, 3.63) is 54.1 Å². The molecule has 23 heteroatoms. The van der Waals surface area contributed by atoms with Crippen molar-refractivity contribution in [3.63, 3.8) is 0 Å². The molecule has 51 heavy (non-hydrogen) atoms. The molecular formula is C28H20F20O3. The highest BCUT2D eigenvalue weighted by molar-refractivity contribution is 5.90. The molecule has 0 unspecified atom stereocenters. The Bertz CT molecular complexity index is 1490. The van der Waals surface area contributed by atoms with Gasteiger partial charge < -0.3 is 9.47 Å². The summed E-state index contributed by atoms with van der Waals surface area (Å²) in [6.45, 7) is -1.13. The molecule has 0 aliphatic carbocycles. The minimum absolute atomic E-state index is 0.296. The van der Waals surface area contributed by atoms with Crippen LogP contribution in [-0.4, -0.2) is 78.9 Å². The Hall–Kier alpha value is -3.69. The Labute approximate surface area is 272 Å². The topological polar surface area (TPSA) is 35.5 Å². The van der Waals surface area contributed by atoms with E-state index < -0.39 is 77.9 Å². The lowest BCUT2D eigenvalue weighted by Crippen LogP contribution is -2.76. The van der Waals surface area contributed by atoms with Crippen LogP contribution in [0.2, 0.25) is 0 Å². The first-order valence-electron chi connectivity index (χ1n) is 13.5. The zero-order valence-electron chi connectivity index (χ0n) is 24.8. The molecule has 0 amide bonds. The first-order chi connectivity index (χ1) is 22.8. The van der Waals surface area contributed by atoms with Gasteiger partial charge in [-0.15, -0.1) is 0 Å². The zero-order chi connectivity index (χ0) is 39.9. The molecule has 290 valence electrons. The van der Waals surface area contributed by atoms with Crippen LogP contribution in [0.1, 0.15) is 30.1 Å². The fourth-order valence-corrected chi connectivity index (χ4v) is 3.77. The fraction of sp³-hybridized carbons (Fsp3) is 0.536. The van der Waals surface area contributed by atoms with E-state index in [1.54, 1.807) is 0 Å². The summed E-state index contributed by atoms with van der Waals surface area (Å²) in [5.41, 5.74) is -0.0903. The smallest absolute Gasteiger partial charge is 0.385 e. The molecule has 0 fully saturated rings. The van der Waals surface area contributed by atoms with Crippen LogP contribution in [0, 0.1) is 0 Å². The number of esters is 1. The summed E-state index contributed by atoms with van der Waals surface area (Å²) in [6.07, 6.45) is -4.55. The Morgan fingerprint density at radius 3 is 1.33 bits per heavy atom. The van der Waals surface area contributed by atoms with Gasteiger partial charge >= 0.3 is 65.7 Å². The number of hydrogen-bond donors (Lipinski definition) is 0. The molecular weight excluding hydrogens is 764 g/mol. The number of benzene rings is 2. The molecule has 0 radical (unpaired) electrons. The molecule has 2 rings (SSSR count). The average molecular weight is 784 g/mol. The molecule has 0 saturated carbocycles. The molecule has 0 aliphatic heterocycles. The number of carbonyl (C=O) groups excluding carboxylic acids is 1.